The topological polar surface area (TPSA) is 49.9 Å². The zero-order chi connectivity index (χ0) is 20.5. The second kappa shape index (κ2) is 7.81. The number of sulfonamides is 1. The Morgan fingerprint density at radius 1 is 1.04 bits per heavy atom. The fourth-order valence-corrected chi connectivity index (χ4v) is 4.97. The van der Waals surface area contributed by atoms with Crippen molar-refractivity contribution in [3.8, 4) is 5.75 Å². The highest BCUT2D eigenvalue weighted by Crippen LogP contribution is 2.37. The molecule has 0 radical (unpaired) electrons. The number of alkyl halides is 3. The van der Waals surface area contributed by atoms with Gasteiger partial charge in [0.2, 0.25) is 10.0 Å². The molecule has 0 spiro atoms. The van der Waals surface area contributed by atoms with Crippen molar-refractivity contribution in [2.75, 3.05) is 38.2 Å². The van der Waals surface area contributed by atoms with Crippen LogP contribution in [-0.2, 0) is 16.2 Å². The molecule has 5 nitrogen and oxygen atoms in total. The minimum Gasteiger partial charge on any atom is -0.497 e. The van der Waals surface area contributed by atoms with Crippen LogP contribution in [0.2, 0.25) is 5.02 Å². The maximum Gasteiger partial charge on any atom is 0.417 e. The van der Waals surface area contributed by atoms with Gasteiger partial charge in [-0.15, -0.1) is 0 Å². The number of piperazine rings is 1. The monoisotopic (exact) mass is 434 g/mol. The van der Waals surface area contributed by atoms with Crippen LogP contribution >= 0.6 is 11.6 Å². The summed E-state index contributed by atoms with van der Waals surface area (Å²) in [5.41, 5.74) is -0.359. The zero-order valence-corrected chi connectivity index (χ0v) is 16.5. The van der Waals surface area contributed by atoms with E-state index in [4.69, 9.17) is 16.3 Å². The Labute approximate surface area is 166 Å². The molecule has 0 saturated carbocycles. The van der Waals surface area contributed by atoms with E-state index in [2.05, 4.69) is 0 Å². The Bertz CT molecular complexity index is 959. The van der Waals surface area contributed by atoms with Crippen LogP contribution < -0.4 is 9.64 Å². The van der Waals surface area contributed by atoms with E-state index in [0.29, 0.717) is 24.9 Å². The number of rotatable bonds is 4. The lowest BCUT2D eigenvalue weighted by Gasteiger charge is -2.35. The van der Waals surface area contributed by atoms with E-state index in [9.17, 15) is 21.6 Å². The van der Waals surface area contributed by atoms with Gasteiger partial charge in [0.25, 0.3) is 0 Å². The molecule has 0 amide bonds. The molecule has 1 saturated heterocycles. The maximum atomic E-state index is 13.3. The van der Waals surface area contributed by atoms with Gasteiger partial charge >= 0.3 is 6.18 Å². The van der Waals surface area contributed by atoms with Gasteiger partial charge in [0, 0.05) is 43.0 Å². The number of nitrogens with zero attached hydrogens (tertiary/aromatic N) is 2. The Morgan fingerprint density at radius 2 is 1.71 bits per heavy atom. The average Bonchev–Trinajstić information content (AvgIpc) is 2.67. The first kappa shape index (κ1) is 20.8. The summed E-state index contributed by atoms with van der Waals surface area (Å²) in [6, 6.07) is 9.88. The third-order valence-electron chi connectivity index (χ3n) is 4.52. The smallest absolute Gasteiger partial charge is 0.417 e. The molecule has 28 heavy (non-hydrogen) atoms. The molecule has 0 unspecified atom stereocenters. The summed E-state index contributed by atoms with van der Waals surface area (Å²) in [6.45, 7) is 0.801. The summed E-state index contributed by atoms with van der Waals surface area (Å²) in [6.07, 6.45) is -4.80. The van der Waals surface area contributed by atoms with Gasteiger partial charge in [-0.1, -0.05) is 17.7 Å². The van der Waals surface area contributed by atoms with Crippen molar-refractivity contribution < 1.29 is 26.3 Å². The summed E-state index contributed by atoms with van der Waals surface area (Å²) >= 11 is 5.77. The van der Waals surface area contributed by atoms with E-state index < -0.39 is 26.7 Å². The van der Waals surface area contributed by atoms with E-state index in [1.807, 2.05) is 23.1 Å². The lowest BCUT2D eigenvalue weighted by atomic mass is 10.2. The predicted molar refractivity (Wildman–Crippen MR) is 100 cm³/mol. The van der Waals surface area contributed by atoms with Gasteiger partial charge in [-0.3, -0.25) is 0 Å². The second-order valence-electron chi connectivity index (χ2n) is 6.23. The zero-order valence-electron chi connectivity index (χ0n) is 14.9. The molecule has 152 valence electrons. The van der Waals surface area contributed by atoms with Crippen molar-refractivity contribution in [1.29, 1.82) is 0 Å². The highest BCUT2D eigenvalue weighted by atomic mass is 35.5. The lowest BCUT2D eigenvalue weighted by molar-refractivity contribution is -0.139. The molecule has 2 aromatic rings. The summed E-state index contributed by atoms with van der Waals surface area (Å²) in [7, 11) is -2.79. The van der Waals surface area contributed by atoms with Crippen molar-refractivity contribution in [2.45, 2.75) is 11.1 Å². The van der Waals surface area contributed by atoms with Gasteiger partial charge in [0.15, 0.2) is 0 Å². The summed E-state index contributed by atoms with van der Waals surface area (Å²) in [4.78, 5) is 1.14. The molecule has 0 bridgehead atoms. The van der Waals surface area contributed by atoms with Gasteiger partial charge in [-0.2, -0.15) is 17.5 Å². The first-order chi connectivity index (χ1) is 13.1. The number of methoxy groups -OCH3 is 1. The molecule has 0 atom stereocenters. The Kier molecular flexibility index (Phi) is 5.79. The number of halogens is 4. The molecule has 0 aromatic heterocycles. The average molecular weight is 435 g/mol. The van der Waals surface area contributed by atoms with Crippen LogP contribution in [0, 0.1) is 0 Å². The fourth-order valence-electron chi connectivity index (χ4n) is 3.08. The molecule has 10 heteroatoms. The Hall–Kier alpha value is -1.97. The third kappa shape index (κ3) is 4.21. The van der Waals surface area contributed by atoms with Crippen LogP contribution in [0.5, 0.6) is 5.75 Å². The predicted octanol–water partition coefficient (Wildman–Crippen LogP) is 3.88. The molecular formula is C18H18ClF3N2O3S. The van der Waals surface area contributed by atoms with Crippen molar-refractivity contribution in [3.63, 3.8) is 0 Å². The van der Waals surface area contributed by atoms with Crippen molar-refractivity contribution in [3.05, 3.63) is 53.1 Å². The SMILES string of the molecule is COc1cccc(N2CCN(S(=O)(=O)c3cc(Cl)ccc3C(F)(F)F)CC2)c1. The van der Waals surface area contributed by atoms with Crippen LogP contribution in [0.3, 0.4) is 0 Å². The van der Waals surface area contributed by atoms with Gasteiger partial charge in [0.1, 0.15) is 5.75 Å². The molecule has 2 aromatic carbocycles. The van der Waals surface area contributed by atoms with Crippen LogP contribution in [0.15, 0.2) is 47.4 Å². The van der Waals surface area contributed by atoms with Gasteiger partial charge in [0.05, 0.1) is 17.6 Å². The summed E-state index contributed by atoms with van der Waals surface area (Å²) < 4.78 is 71.9. The van der Waals surface area contributed by atoms with E-state index >= 15 is 0 Å². The molecule has 3 rings (SSSR count). The van der Waals surface area contributed by atoms with Crippen molar-refractivity contribution >= 4 is 27.3 Å². The minimum absolute atomic E-state index is 0.0589. The van der Waals surface area contributed by atoms with Crippen LogP contribution in [0.4, 0.5) is 18.9 Å². The number of hydrogen-bond acceptors (Lipinski definition) is 4. The minimum atomic E-state index is -4.80. The summed E-state index contributed by atoms with van der Waals surface area (Å²) in [5, 5.41) is -0.0680. The molecule has 1 heterocycles. The fraction of sp³-hybridized carbons (Fsp3) is 0.333. The van der Waals surface area contributed by atoms with Gasteiger partial charge in [-0.05, 0) is 30.3 Å². The first-order valence-corrected chi connectivity index (χ1v) is 10.2. The lowest BCUT2D eigenvalue weighted by Crippen LogP contribution is -2.49. The van der Waals surface area contributed by atoms with Crippen molar-refractivity contribution in [2.24, 2.45) is 0 Å². The molecule has 1 aliphatic heterocycles. The van der Waals surface area contributed by atoms with E-state index in [1.54, 1.807) is 13.2 Å². The normalized spacial score (nSPS) is 16.2. The summed E-state index contributed by atoms with van der Waals surface area (Å²) in [5.74, 6) is 0.668. The number of hydrogen-bond donors (Lipinski definition) is 0. The second-order valence-corrected chi connectivity index (χ2v) is 8.57. The van der Waals surface area contributed by atoms with Crippen LogP contribution in [-0.4, -0.2) is 46.0 Å². The molecule has 0 aliphatic carbocycles. The molecule has 0 N–H and O–H groups in total. The quantitative estimate of drug-likeness (QED) is 0.732. The highest BCUT2D eigenvalue weighted by molar-refractivity contribution is 7.89. The number of benzene rings is 2. The Morgan fingerprint density at radius 3 is 2.32 bits per heavy atom. The number of ether oxygens (including phenoxy) is 1. The standard InChI is InChI=1S/C18H18ClF3N2O3S/c1-27-15-4-2-3-14(12-15)23-7-9-24(10-8-23)28(25,26)17-11-13(19)5-6-16(17)18(20,21)22/h2-6,11-12H,7-10H2,1H3. The highest BCUT2D eigenvalue weighted by Gasteiger charge is 2.40. The van der Waals surface area contributed by atoms with E-state index in [1.165, 1.54) is 0 Å². The van der Waals surface area contributed by atoms with E-state index in [0.717, 1.165) is 22.1 Å². The van der Waals surface area contributed by atoms with Gasteiger partial charge in [-0.25, -0.2) is 8.42 Å². The van der Waals surface area contributed by atoms with E-state index in [-0.39, 0.29) is 18.1 Å². The van der Waals surface area contributed by atoms with Crippen LogP contribution in [0.25, 0.3) is 0 Å². The van der Waals surface area contributed by atoms with Crippen LogP contribution in [0.1, 0.15) is 5.56 Å². The Balaban J connectivity index is 1.83. The molecular weight excluding hydrogens is 417 g/mol. The van der Waals surface area contributed by atoms with Gasteiger partial charge < -0.3 is 9.64 Å². The largest absolute Gasteiger partial charge is 0.497 e. The van der Waals surface area contributed by atoms with Crippen molar-refractivity contribution in [1.82, 2.24) is 4.31 Å². The maximum absolute atomic E-state index is 13.3. The molecule has 1 aliphatic rings. The number of anilines is 1. The molecule has 1 fully saturated rings. The first-order valence-electron chi connectivity index (χ1n) is 8.39. The third-order valence-corrected chi connectivity index (χ3v) is 6.70.